The van der Waals surface area contributed by atoms with Gasteiger partial charge >= 0.3 is 10.3 Å². The summed E-state index contributed by atoms with van der Waals surface area (Å²) in [6, 6.07) is 14.8. The van der Waals surface area contributed by atoms with Crippen molar-refractivity contribution in [2.75, 3.05) is 4.31 Å². The van der Waals surface area contributed by atoms with Gasteiger partial charge in [-0.05, 0) is 37.1 Å². The molecular formula is C19H19N3O6S. The van der Waals surface area contributed by atoms with Crippen molar-refractivity contribution >= 4 is 27.6 Å². The highest BCUT2D eigenvalue weighted by atomic mass is 32.2. The maximum absolute atomic E-state index is 12.2. The quantitative estimate of drug-likeness (QED) is 0.319. The highest BCUT2D eigenvalue weighted by molar-refractivity contribution is 7.87. The number of carbonyl (C=O) groups is 1. The van der Waals surface area contributed by atoms with Gasteiger partial charge in [0, 0.05) is 0 Å². The van der Waals surface area contributed by atoms with Crippen molar-refractivity contribution in [2.45, 2.75) is 19.8 Å². The molecule has 0 aliphatic heterocycles. The summed E-state index contributed by atoms with van der Waals surface area (Å²) in [5, 5.41) is 12.8. The second-order valence-corrected chi connectivity index (χ2v) is 7.59. The summed E-state index contributed by atoms with van der Waals surface area (Å²) in [6.45, 7) is 3.08. The van der Waals surface area contributed by atoms with Crippen LogP contribution in [-0.2, 0) is 15.1 Å². The second kappa shape index (κ2) is 8.03. The zero-order chi connectivity index (χ0) is 21.2. The molecule has 1 amide bonds. The predicted molar refractivity (Wildman–Crippen MR) is 104 cm³/mol. The number of carbonyl (C=O) groups excluding carboxylic acids is 1. The highest BCUT2D eigenvalue weighted by Gasteiger charge is 2.29. The van der Waals surface area contributed by atoms with E-state index in [0.717, 1.165) is 0 Å². The Hall–Kier alpha value is -3.21. The molecule has 10 heteroatoms. The summed E-state index contributed by atoms with van der Waals surface area (Å²) in [7, 11) is -4.68. The van der Waals surface area contributed by atoms with Crippen LogP contribution in [0.4, 0.5) is 11.4 Å². The Morgan fingerprint density at radius 3 is 2.14 bits per heavy atom. The Bertz CT molecular complexity index is 1090. The minimum absolute atomic E-state index is 0.105. The lowest BCUT2D eigenvalue weighted by Gasteiger charge is -2.22. The Balaban J connectivity index is 2.06. The highest BCUT2D eigenvalue weighted by Crippen LogP contribution is 2.35. The second-order valence-electron chi connectivity index (χ2n) is 6.33. The molecule has 1 atom stereocenters. The Morgan fingerprint density at radius 2 is 1.66 bits per heavy atom. The molecule has 3 aromatic rings. The molecule has 3 rings (SSSR count). The Kier molecular flexibility index (Phi) is 5.69. The van der Waals surface area contributed by atoms with E-state index in [1.807, 2.05) is 0 Å². The number of hydrogen-bond donors (Lipinski definition) is 3. The van der Waals surface area contributed by atoms with E-state index < -0.39 is 22.1 Å². The summed E-state index contributed by atoms with van der Waals surface area (Å²) in [5.41, 5.74) is 3.33. The number of anilines is 2. The summed E-state index contributed by atoms with van der Waals surface area (Å²) in [5.74, 6) is -1.24. The average Bonchev–Trinajstić information content (AvgIpc) is 3.01. The number of aryl methyl sites for hydroxylation is 2. The molecule has 9 nitrogen and oxygen atoms in total. The zero-order valence-electron chi connectivity index (χ0n) is 15.6. The van der Waals surface area contributed by atoms with E-state index >= 15 is 0 Å². The van der Waals surface area contributed by atoms with E-state index in [2.05, 4.69) is 5.16 Å². The minimum atomic E-state index is -4.68. The van der Waals surface area contributed by atoms with Crippen molar-refractivity contribution in [3.05, 3.63) is 77.2 Å². The van der Waals surface area contributed by atoms with Crippen LogP contribution < -0.4 is 9.79 Å². The molecule has 0 spiro atoms. The van der Waals surface area contributed by atoms with Gasteiger partial charge in [-0.1, -0.05) is 47.6 Å². The molecular weight excluding hydrogens is 398 g/mol. The minimum Gasteiger partial charge on any atom is -0.359 e. The van der Waals surface area contributed by atoms with Gasteiger partial charge in [-0.25, -0.2) is 9.79 Å². The number of nitrogens with one attached hydrogen (secondary N) is 1. The van der Waals surface area contributed by atoms with Crippen molar-refractivity contribution in [1.29, 1.82) is 0 Å². The number of nitrogens with zero attached hydrogens (tertiary/aromatic N) is 2. The van der Waals surface area contributed by atoms with E-state index in [9.17, 15) is 17.8 Å². The molecule has 0 saturated carbocycles. The molecule has 0 aliphatic carbocycles. The number of amides is 1. The molecule has 152 valence electrons. The van der Waals surface area contributed by atoms with Gasteiger partial charge in [0.25, 0.3) is 5.91 Å². The summed E-state index contributed by atoms with van der Waals surface area (Å²) in [4.78, 5) is 12.2. The fourth-order valence-corrected chi connectivity index (χ4v) is 4.03. The van der Waals surface area contributed by atoms with Crippen LogP contribution in [0.15, 0.2) is 59.1 Å². The summed E-state index contributed by atoms with van der Waals surface area (Å²) in [6.07, 6.45) is 0. The predicted octanol–water partition coefficient (Wildman–Crippen LogP) is 2.87. The standard InChI is InChI=1S/C19H19N3O6S/c1-12-18(13(2)28-21-12)22(29(25,26)27)16-10-8-15(9-11-16)17(19(23)20-24)14-6-4-3-5-7-14/h3-11,17,24H,1-2H3,(H,20,23)(H,25,26,27). The van der Waals surface area contributed by atoms with Gasteiger partial charge in [0.05, 0.1) is 11.6 Å². The van der Waals surface area contributed by atoms with Crippen LogP contribution in [0.2, 0.25) is 0 Å². The largest absolute Gasteiger partial charge is 0.364 e. The molecule has 0 aliphatic rings. The van der Waals surface area contributed by atoms with Gasteiger partial charge in [-0.2, -0.15) is 8.42 Å². The van der Waals surface area contributed by atoms with Gasteiger partial charge in [-0.3, -0.25) is 14.6 Å². The maximum Gasteiger partial charge on any atom is 0.364 e. The van der Waals surface area contributed by atoms with E-state index in [4.69, 9.17) is 9.73 Å². The van der Waals surface area contributed by atoms with Crippen LogP contribution in [0.25, 0.3) is 0 Å². The SMILES string of the molecule is Cc1noc(C)c1N(c1ccc(C(C(=O)NO)c2ccccc2)cc1)S(=O)(=O)O. The molecule has 0 bridgehead atoms. The molecule has 0 fully saturated rings. The lowest BCUT2D eigenvalue weighted by atomic mass is 9.90. The third-order valence-electron chi connectivity index (χ3n) is 4.40. The summed E-state index contributed by atoms with van der Waals surface area (Å²) >= 11 is 0. The molecule has 29 heavy (non-hydrogen) atoms. The van der Waals surface area contributed by atoms with Crippen LogP contribution in [0.3, 0.4) is 0 Å². The van der Waals surface area contributed by atoms with Gasteiger partial charge in [0.15, 0.2) is 5.76 Å². The first kappa shape index (κ1) is 20.5. The first-order valence-corrected chi connectivity index (χ1v) is 9.93. The monoisotopic (exact) mass is 417 g/mol. The third kappa shape index (κ3) is 4.14. The molecule has 0 radical (unpaired) electrons. The van der Waals surface area contributed by atoms with E-state index in [-0.39, 0.29) is 22.8 Å². The summed E-state index contributed by atoms with van der Waals surface area (Å²) < 4.78 is 39.6. The van der Waals surface area contributed by atoms with Crippen molar-refractivity contribution in [3.63, 3.8) is 0 Å². The fraction of sp³-hybridized carbons (Fsp3) is 0.158. The smallest absolute Gasteiger partial charge is 0.359 e. The number of benzene rings is 2. The van der Waals surface area contributed by atoms with Crippen LogP contribution >= 0.6 is 0 Å². The number of aromatic nitrogens is 1. The third-order valence-corrected chi connectivity index (χ3v) is 5.25. The molecule has 0 saturated heterocycles. The number of hydrogen-bond acceptors (Lipinski definition) is 6. The molecule has 1 aromatic heterocycles. The first-order chi connectivity index (χ1) is 13.7. The van der Waals surface area contributed by atoms with Crippen molar-refractivity contribution in [1.82, 2.24) is 10.6 Å². The Labute approximate surface area is 167 Å². The van der Waals surface area contributed by atoms with Gasteiger partial charge in [0.1, 0.15) is 11.4 Å². The van der Waals surface area contributed by atoms with Crippen molar-refractivity contribution < 1.29 is 27.5 Å². The maximum atomic E-state index is 12.2. The normalized spacial score (nSPS) is 12.4. The molecule has 1 unspecified atom stereocenters. The lowest BCUT2D eigenvalue weighted by Crippen LogP contribution is -2.28. The zero-order valence-corrected chi connectivity index (χ0v) is 16.4. The number of hydroxylamine groups is 1. The number of rotatable bonds is 6. The van der Waals surface area contributed by atoms with Crippen molar-refractivity contribution in [3.8, 4) is 0 Å². The van der Waals surface area contributed by atoms with Gasteiger partial charge in [-0.15, -0.1) is 0 Å². The van der Waals surface area contributed by atoms with Crippen molar-refractivity contribution in [2.24, 2.45) is 0 Å². The Morgan fingerprint density at radius 1 is 1.07 bits per heavy atom. The van der Waals surface area contributed by atoms with E-state index in [1.165, 1.54) is 19.1 Å². The molecule has 2 aromatic carbocycles. The lowest BCUT2D eigenvalue weighted by molar-refractivity contribution is -0.129. The first-order valence-electron chi connectivity index (χ1n) is 8.53. The van der Waals surface area contributed by atoms with Crippen LogP contribution in [0.5, 0.6) is 0 Å². The molecule has 3 N–H and O–H groups in total. The average molecular weight is 417 g/mol. The van der Waals surface area contributed by atoms with Crippen LogP contribution in [-0.4, -0.2) is 29.2 Å². The van der Waals surface area contributed by atoms with Crippen LogP contribution in [0, 0.1) is 13.8 Å². The van der Waals surface area contributed by atoms with E-state index in [1.54, 1.807) is 54.9 Å². The van der Waals surface area contributed by atoms with Gasteiger partial charge < -0.3 is 4.52 Å². The fourth-order valence-electron chi connectivity index (χ4n) is 3.15. The molecule has 1 heterocycles. The van der Waals surface area contributed by atoms with Gasteiger partial charge in [0.2, 0.25) is 0 Å². The van der Waals surface area contributed by atoms with E-state index in [0.29, 0.717) is 15.4 Å². The van der Waals surface area contributed by atoms with Crippen LogP contribution in [0.1, 0.15) is 28.5 Å². The topological polar surface area (TPSA) is 133 Å².